The van der Waals surface area contributed by atoms with Crippen molar-refractivity contribution in [2.45, 2.75) is 25.8 Å². The Morgan fingerprint density at radius 1 is 1.24 bits per heavy atom. The first-order chi connectivity index (χ1) is 12.1. The number of fused-ring (bicyclic) bond motifs is 2. The molecule has 4 heterocycles. The molecule has 3 aromatic heterocycles. The summed E-state index contributed by atoms with van der Waals surface area (Å²) in [4.78, 5) is 18.9. The van der Waals surface area contributed by atoms with E-state index in [0.717, 1.165) is 24.3 Å². The number of piperidine rings is 1. The predicted octanol–water partition coefficient (Wildman–Crippen LogP) is 1.99. The van der Waals surface area contributed by atoms with Gasteiger partial charge in [0.25, 0.3) is 5.91 Å². The number of aromatic nitrogens is 5. The summed E-state index contributed by atoms with van der Waals surface area (Å²) >= 11 is 0. The molecule has 0 spiro atoms. The second kappa shape index (κ2) is 5.15. The summed E-state index contributed by atoms with van der Waals surface area (Å²) < 4.78 is 3.79. The fraction of sp³-hybridized carbons (Fsp3) is 0.444. The second-order valence-corrected chi connectivity index (χ2v) is 7.37. The van der Waals surface area contributed by atoms with Gasteiger partial charge < -0.3 is 9.47 Å². The van der Waals surface area contributed by atoms with Crippen LogP contribution in [0.4, 0.5) is 0 Å². The Kier molecular flexibility index (Phi) is 3.01. The lowest BCUT2D eigenvalue weighted by Crippen LogP contribution is -2.31. The third kappa shape index (κ3) is 2.18. The van der Waals surface area contributed by atoms with Crippen LogP contribution in [0.3, 0.4) is 0 Å². The van der Waals surface area contributed by atoms with Crippen molar-refractivity contribution in [3.8, 4) is 0 Å². The van der Waals surface area contributed by atoms with E-state index in [1.165, 1.54) is 0 Å². The van der Waals surface area contributed by atoms with Crippen molar-refractivity contribution < 1.29 is 4.79 Å². The van der Waals surface area contributed by atoms with E-state index in [0.29, 0.717) is 29.5 Å². The van der Waals surface area contributed by atoms with Crippen LogP contribution >= 0.6 is 0 Å². The van der Waals surface area contributed by atoms with Gasteiger partial charge in [-0.2, -0.15) is 0 Å². The van der Waals surface area contributed by atoms with E-state index in [4.69, 9.17) is 0 Å². The molecule has 0 radical (unpaired) electrons. The van der Waals surface area contributed by atoms with Crippen molar-refractivity contribution in [2.75, 3.05) is 13.1 Å². The van der Waals surface area contributed by atoms with Gasteiger partial charge in [-0.3, -0.25) is 4.79 Å². The molecule has 3 atom stereocenters. The maximum absolute atomic E-state index is 12.7. The molecule has 0 N–H and O–H groups in total. The molecular formula is C18H20N6O. The summed E-state index contributed by atoms with van der Waals surface area (Å²) in [7, 11) is 0. The fourth-order valence-corrected chi connectivity index (χ4v) is 4.09. The average molecular weight is 336 g/mol. The molecule has 1 saturated carbocycles. The molecule has 2 fully saturated rings. The Labute approximate surface area is 145 Å². The van der Waals surface area contributed by atoms with Gasteiger partial charge in [0.2, 0.25) is 0 Å². The minimum atomic E-state index is 0.0400. The average Bonchev–Trinajstić information content (AvgIpc) is 3.11. The van der Waals surface area contributed by atoms with Crippen LogP contribution in [-0.2, 0) is 0 Å². The highest BCUT2D eigenvalue weighted by molar-refractivity contribution is 5.92. The number of carbonyl (C=O) groups excluding carboxylic acids is 1. The van der Waals surface area contributed by atoms with Crippen molar-refractivity contribution in [3.63, 3.8) is 0 Å². The van der Waals surface area contributed by atoms with Crippen molar-refractivity contribution in [1.82, 2.24) is 29.3 Å². The van der Waals surface area contributed by atoms with Gasteiger partial charge in [0, 0.05) is 37.4 Å². The van der Waals surface area contributed by atoms with Crippen LogP contribution in [0, 0.1) is 11.8 Å². The third-order valence-electron chi connectivity index (χ3n) is 5.56. The first kappa shape index (κ1) is 14.6. The van der Waals surface area contributed by atoms with E-state index < -0.39 is 0 Å². The number of carbonyl (C=O) groups is 1. The quantitative estimate of drug-likeness (QED) is 0.733. The van der Waals surface area contributed by atoms with Crippen LogP contribution in [-0.4, -0.2) is 48.3 Å². The van der Waals surface area contributed by atoms with Crippen molar-refractivity contribution in [1.29, 1.82) is 0 Å². The Bertz CT molecular complexity index is 945. The van der Waals surface area contributed by atoms with Crippen LogP contribution in [0.15, 0.2) is 36.9 Å². The Morgan fingerprint density at radius 2 is 2.04 bits per heavy atom. The number of likely N-dealkylation sites (tertiary alicyclic amines) is 1. The number of nitrogens with zero attached hydrogens (tertiary/aromatic N) is 6. The van der Waals surface area contributed by atoms with Gasteiger partial charge in [-0.25, -0.2) is 9.50 Å². The maximum Gasteiger partial charge on any atom is 0.274 e. The first-order valence-corrected chi connectivity index (χ1v) is 8.76. The SMILES string of the molecule is CC(C)n1cnc(C(=O)N2C[C@@H]3C(c4nnn5ccccc45)[C@@H]3C2)c1. The van der Waals surface area contributed by atoms with Crippen molar-refractivity contribution in [2.24, 2.45) is 11.8 Å². The zero-order valence-electron chi connectivity index (χ0n) is 14.3. The number of amides is 1. The Balaban J connectivity index is 1.31. The lowest BCUT2D eigenvalue weighted by molar-refractivity contribution is 0.0767. The topological polar surface area (TPSA) is 68.3 Å². The Hall–Kier alpha value is -2.70. The molecule has 1 unspecified atom stereocenters. The van der Waals surface area contributed by atoms with Gasteiger partial charge in [0.1, 0.15) is 5.69 Å². The van der Waals surface area contributed by atoms with Gasteiger partial charge in [-0.15, -0.1) is 5.10 Å². The van der Waals surface area contributed by atoms with E-state index in [2.05, 4.69) is 35.2 Å². The molecule has 7 heteroatoms. The van der Waals surface area contributed by atoms with Crippen molar-refractivity contribution >= 4 is 11.4 Å². The normalized spacial score (nSPS) is 24.9. The van der Waals surface area contributed by atoms with Crippen LogP contribution in [0.2, 0.25) is 0 Å². The first-order valence-electron chi connectivity index (χ1n) is 8.76. The van der Waals surface area contributed by atoms with Gasteiger partial charge in [0.15, 0.2) is 0 Å². The molecule has 1 aliphatic heterocycles. The molecule has 1 saturated heterocycles. The van der Waals surface area contributed by atoms with E-state index in [-0.39, 0.29) is 5.91 Å². The lowest BCUT2D eigenvalue weighted by Gasteiger charge is -2.18. The minimum Gasteiger partial charge on any atom is -0.337 e. The summed E-state index contributed by atoms with van der Waals surface area (Å²) in [5.41, 5.74) is 2.70. The number of imidazole rings is 1. The molecular weight excluding hydrogens is 316 g/mol. The van der Waals surface area contributed by atoms with Crippen molar-refractivity contribution in [3.05, 3.63) is 48.3 Å². The predicted molar refractivity (Wildman–Crippen MR) is 91.2 cm³/mol. The third-order valence-corrected chi connectivity index (χ3v) is 5.56. The van der Waals surface area contributed by atoms with Gasteiger partial charge in [-0.05, 0) is 37.8 Å². The van der Waals surface area contributed by atoms with Crippen LogP contribution in [0.1, 0.15) is 42.0 Å². The number of hydrogen-bond donors (Lipinski definition) is 0. The van der Waals surface area contributed by atoms with Gasteiger partial charge in [-0.1, -0.05) is 11.3 Å². The monoisotopic (exact) mass is 336 g/mol. The van der Waals surface area contributed by atoms with Crippen LogP contribution < -0.4 is 0 Å². The summed E-state index contributed by atoms with van der Waals surface area (Å²) in [5, 5.41) is 8.59. The van der Waals surface area contributed by atoms with Crippen LogP contribution in [0.25, 0.3) is 5.52 Å². The molecule has 0 aromatic carbocycles. The standard InChI is InChI=1S/C18H20N6O/c1-11(2)23-9-14(19-10-23)18(25)22-7-12-13(8-22)16(12)17-15-5-3-4-6-24(15)21-20-17/h3-6,9-13,16H,7-8H2,1-2H3/t12-,13+,16?. The maximum atomic E-state index is 12.7. The second-order valence-electron chi connectivity index (χ2n) is 7.37. The molecule has 1 aliphatic carbocycles. The summed E-state index contributed by atoms with van der Waals surface area (Å²) in [6, 6.07) is 6.34. The fourth-order valence-electron chi connectivity index (χ4n) is 4.09. The smallest absolute Gasteiger partial charge is 0.274 e. The lowest BCUT2D eigenvalue weighted by atomic mass is 10.1. The molecule has 7 nitrogen and oxygen atoms in total. The minimum absolute atomic E-state index is 0.0400. The van der Waals surface area contributed by atoms with E-state index in [1.807, 2.05) is 38.5 Å². The zero-order chi connectivity index (χ0) is 17.1. The highest BCUT2D eigenvalue weighted by Gasteiger charge is 2.59. The highest BCUT2D eigenvalue weighted by atomic mass is 16.2. The molecule has 1 amide bonds. The van der Waals surface area contributed by atoms with E-state index in [1.54, 1.807) is 6.33 Å². The molecule has 5 rings (SSSR count). The largest absolute Gasteiger partial charge is 0.337 e. The van der Waals surface area contributed by atoms with Gasteiger partial charge >= 0.3 is 0 Å². The number of rotatable bonds is 3. The zero-order valence-corrected chi connectivity index (χ0v) is 14.3. The van der Waals surface area contributed by atoms with Crippen LogP contribution in [0.5, 0.6) is 0 Å². The molecule has 25 heavy (non-hydrogen) atoms. The molecule has 3 aromatic rings. The molecule has 2 aliphatic rings. The summed E-state index contributed by atoms with van der Waals surface area (Å²) in [5.74, 6) is 1.46. The van der Waals surface area contributed by atoms with E-state index in [9.17, 15) is 4.79 Å². The number of hydrogen-bond acceptors (Lipinski definition) is 4. The van der Waals surface area contributed by atoms with Gasteiger partial charge in [0.05, 0.1) is 17.5 Å². The summed E-state index contributed by atoms with van der Waals surface area (Å²) in [6.07, 6.45) is 5.51. The van der Waals surface area contributed by atoms with E-state index >= 15 is 0 Å². The summed E-state index contributed by atoms with van der Waals surface area (Å²) in [6.45, 7) is 5.73. The highest BCUT2D eigenvalue weighted by Crippen LogP contribution is 2.58. The Morgan fingerprint density at radius 3 is 2.76 bits per heavy atom. The molecule has 128 valence electrons. The molecule has 0 bridgehead atoms. The number of pyridine rings is 1.